The first-order valence-corrected chi connectivity index (χ1v) is 13.8. The SMILES string of the molecule is CCCCOc1ccc(-c2ccc(CCc3ccc(-c4ccc(OCCCC)c(F)c4F)cc3)c(F)c2F)cc1. The molecule has 0 saturated heterocycles. The van der Waals surface area contributed by atoms with Gasteiger partial charge in [-0.3, -0.25) is 0 Å². The Labute approximate surface area is 233 Å². The van der Waals surface area contributed by atoms with Crippen molar-refractivity contribution in [3.63, 3.8) is 0 Å². The van der Waals surface area contributed by atoms with Crippen LogP contribution in [0, 0.1) is 23.3 Å². The first-order chi connectivity index (χ1) is 19.4. The van der Waals surface area contributed by atoms with Crippen molar-refractivity contribution in [3.8, 4) is 33.8 Å². The van der Waals surface area contributed by atoms with Gasteiger partial charge in [0.25, 0.3) is 0 Å². The molecule has 210 valence electrons. The van der Waals surface area contributed by atoms with E-state index in [1.807, 2.05) is 6.92 Å². The molecule has 4 rings (SSSR count). The van der Waals surface area contributed by atoms with Gasteiger partial charge in [0.05, 0.1) is 13.2 Å². The molecule has 0 heterocycles. The number of benzene rings is 4. The molecule has 0 N–H and O–H groups in total. The molecule has 0 aliphatic carbocycles. The van der Waals surface area contributed by atoms with E-state index in [4.69, 9.17) is 9.47 Å². The van der Waals surface area contributed by atoms with Crippen LogP contribution in [0.1, 0.15) is 50.7 Å². The summed E-state index contributed by atoms with van der Waals surface area (Å²) in [6.07, 6.45) is 4.39. The van der Waals surface area contributed by atoms with Crippen molar-refractivity contribution >= 4 is 0 Å². The third kappa shape index (κ3) is 7.04. The lowest BCUT2D eigenvalue weighted by Crippen LogP contribution is -2.01. The number of aryl methyl sites for hydroxylation is 2. The predicted molar refractivity (Wildman–Crippen MR) is 152 cm³/mol. The van der Waals surface area contributed by atoms with Crippen LogP contribution in [0.3, 0.4) is 0 Å². The maximum Gasteiger partial charge on any atom is 0.201 e. The van der Waals surface area contributed by atoms with Crippen molar-refractivity contribution in [3.05, 3.63) is 107 Å². The second-order valence-electron chi connectivity index (χ2n) is 9.76. The van der Waals surface area contributed by atoms with Crippen molar-refractivity contribution in [1.29, 1.82) is 0 Å². The molecule has 0 saturated carbocycles. The highest BCUT2D eigenvalue weighted by molar-refractivity contribution is 5.66. The minimum atomic E-state index is -1.00. The molecule has 0 aliphatic heterocycles. The Morgan fingerprint density at radius 3 is 1.70 bits per heavy atom. The lowest BCUT2D eigenvalue weighted by Gasteiger charge is -2.11. The minimum Gasteiger partial charge on any atom is -0.494 e. The molecule has 0 bridgehead atoms. The third-order valence-electron chi connectivity index (χ3n) is 6.84. The summed E-state index contributed by atoms with van der Waals surface area (Å²) >= 11 is 0. The monoisotopic (exact) mass is 550 g/mol. The zero-order chi connectivity index (χ0) is 28.5. The highest BCUT2D eigenvalue weighted by Gasteiger charge is 2.17. The summed E-state index contributed by atoms with van der Waals surface area (Å²) in [4.78, 5) is 0. The molecular formula is C34H34F4O2. The molecule has 6 heteroatoms. The molecule has 2 nitrogen and oxygen atoms in total. The van der Waals surface area contributed by atoms with Crippen LogP contribution in [-0.4, -0.2) is 13.2 Å². The number of ether oxygens (including phenoxy) is 2. The van der Waals surface area contributed by atoms with E-state index in [9.17, 15) is 17.6 Å². The van der Waals surface area contributed by atoms with Crippen LogP contribution in [0.25, 0.3) is 22.3 Å². The second-order valence-corrected chi connectivity index (χ2v) is 9.76. The number of unbranched alkanes of at least 4 members (excludes halogenated alkanes) is 2. The van der Waals surface area contributed by atoms with Gasteiger partial charge in [-0.2, -0.15) is 4.39 Å². The average molecular weight is 551 g/mol. The maximum absolute atomic E-state index is 15.0. The molecule has 40 heavy (non-hydrogen) atoms. The van der Waals surface area contributed by atoms with E-state index in [1.54, 1.807) is 60.7 Å². The summed E-state index contributed by atoms with van der Waals surface area (Å²) in [6.45, 7) is 5.02. The molecule has 0 amide bonds. The number of hydrogen-bond donors (Lipinski definition) is 0. The third-order valence-corrected chi connectivity index (χ3v) is 6.84. The summed E-state index contributed by atoms with van der Waals surface area (Å²) in [5.41, 5.74) is 2.57. The van der Waals surface area contributed by atoms with Crippen molar-refractivity contribution in [2.45, 2.75) is 52.4 Å². The van der Waals surface area contributed by atoms with Gasteiger partial charge in [0, 0.05) is 11.1 Å². The Morgan fingerprint density at radius 2 is 1.07 bits per heavy atom. The highest BCUT2D eigenvalue weighted by atomic mass is 19.2. The molecule has 0 radical (unpaired) electrons. The van der Waals surface area contributed by atoms with Crippen LogP contribution in [0.15, 0.2) is 72.8 Å². The van der Waals surface area contributed by atoms with Crippen LogP contribution >= 0.6 is 0 Å². The standard InChI is InChI=1S/C34H34F4O2/c1-3-5-21-39-27-16-13-25(14-17-27)28-18-15-26(31(35)32(28)36)12-9-23-7-10-24(11-8-23)29-19-20-30(34(38)33(29)37)40-22-6-4-2/h7-8,10-11,13-20H,3-6,9,12,21-22H2,1-2H3. The fourth-order valence-electron chi connectivity index (χ4n) is 4.39. The molecule has 0 fully saturated rings. The summed E-state index contributed by atoms with van der Waals surface area (Å²) in [7, 11) is 0. The smallest absolute Gasteiger partial charge is 0.201 e. The number of rotatable bonds is 13. The van der Waals surface area contributed by atoms with E-state index in [0.717, 1.165) is 31.2 Å². The summed E-state index contributed by atoms with van der Waals surface area (Å²) in [6, 6.07) is 20.1. The van der Waals surface area contributed by atoms with Gasteiger partial charge in [0.2, 0.25) is 5.82 Å². The van der Waals surface area contributed by atoms with Crippen LogP contribution in [0.5, 0.6) is 11.5 Å². The summed E-state index contributed by atoms with van der Waals surface area (Å²) < 4.78 is 70.1. The first-order valence-electron chi connectivity index (χ1n) is 13.8. The molecule has 4 aromatic carbocycles. The fourth-order valence-corrected chi connectivity index (χ4v) is 4.39. The first kappa shape index (κ1) is 29.2. The minimum absolute atomic E-state index is 0.0972. The van der Waals surface area contributed by atoms with Gasteiger partial charge >= 0.3 is 0 Å². The van der Waals surface area contributed by atoms with Gasteiger partial charge in [-0.1, -0.05) is 75.2 Å². The van der Waals surface area contributed by atoms with Gasteiger partial charge in [-0.25, -0.2) is 13.2 Å². The van der Waals surface area contributed by atoms with Crippen molar-refractivity contribution < 1.29 is 27.0 Å². The van der Waals surface area contributed by atoms with Gasteiger partial charge in [0.1, 0.15) is 5.75 Å². The Morgan fingerprint density at radius 1 is 0.525 bits per heavy atom. The lowest BCUT2D eigenvalue weighted by molar-refractivity contribution is 0.289. The lowest BCUT2D eigenvalue weighted by atomic mass is 9.97. The van der Waals surface area contributed by atoms with E-state index in [-0.39, 0.29) is 22.4 Å². The zero-order valence-electron chi connectivity index (χ0n) is 22.9. The highest BCUT2D eigenvalue weighted by Crippen LogP contribution is 2.31. The summed E-state index contributed by atoms with van der Waals surface area (Å²) in [5, 5.41) is 0. The predicted octanol–water partition coefficient (Wildman–Crippen LogP) is 9.72. The molecule has 0 aliphatic rings. The van der Waals surface area contributed by atoms with E-state index in [2.05, 4.69) is 6.92 Å². The number of halogens is 4. The summed E-state index contributed by atoms with van der Waals surface area (Å²) in [5.74, 6) is -3.11. The topological polar surface area (TPSA) is 18.5 Å². The Balaban J connectivity index is 1.40. The average Bonchev–Trinajstić information content (AvgIpc) is 2.97. The van der Waals surface area contributed by atoms with Gasteiger partial charge in [-0.15, -0.1) is 0 Å². The quantitative estimate of drug-likeness (QED) is 0.122. The molecule has 0 spiro atoms. The van der Waals surface area contributed by atoms with Crippen LogP contribution in [-0.2, 0) is 12.8 Å². The van der Waals surface area contributed by atoms with E-state index in [0.29, 0.717) is 42.9 Å². The molecule has 0 atom stereocenters. The molecule has 4 aromatic rings. The molecule has 0 unspecified atom stereocenters. The van der Waals surface area contributed by atoms with Crippen LogP contribution in [0.4, 0.5) is 17.6 Å². The largest absolute Gasteiger partial charge is 0.494 e. The fraction of sp³-hybridized carbons (Fsp3) is 0.294. The van der Waals surface area contributed by atoms with E-state index < -0.39 is 23.3 Å². The Kier molecular flexibility index (Phi) is 10.2. The molecular weight excluding hydrogens is 516 g/mol. The van der Waals surface area contributed by atoms with Gasteiger partial charge in [0.15, 0.2) is 23.2 Å². The Bertz CT molecular complexity index is 1400. The van der Waals surface area contributed by atoms with Gasteiger partial charge < -0.3 is 9.47 Å². The van der Waals surface area contributed by atoms with Crippen LogP contribution < -0.4 is 9.47 Å². The maximum atomic E-state index is 15.0. The van der Waals surface area contributed by atoms with Crippen LogP contribution in [0.2, 0.25) is 0 Å². The van der Waals surface area contributed by atoms with Crippen molar-refractivity contribution in [2.24, 2.45) is 0 Å². The number of hydrogen-bond acceptors (Lipinski definition) is 2. The van der Waals surface area contributed by atoms with E-state index in [1.165, 1.54) is 12.1 Å². The van der Waals surface area contributed by atoms with Crippen molar-refractivity contribution in [2.75, 3.05) is 13.2 Å². The van der Waals surface area contributed by atoms with Crippen molar-refractivity contribution in [1.82, 2.24) is 0 Å². The Hall–Kier alpha value is -3.80. The van der Waals surface area contributed by atoms with Gasteiger partial charge in [-0.05, 0) is 72.2 Å². The molecule has 0 aromatic heterocycles. The zero-order valence-corrected chi connectivity index (χ0v) is 22.9. The normalized spacial score (nSPS) is 11.1. The second kappa shape index (κ2) is 14.0. The van der Waals surface area contributed by atoms with E-state index >= 15 is 0 Å².